The third-order valence-corrected chi connectivity index (χ3v) is 3.41. The van der Waals surface area contributed by atoms with Crippen molar-refractivity contribution in [3.63, 3.8) is 0 Å². The summed E-state index contributed by atoms with van der Waals surface area (Å²) < 4.78 is 10.1. The Hall–Kier alpha value is -3.13. The lowest BCUT2D eigenvalue weighted by molar-refractivity contribution is -0.385. The normalized spacial score (nSPS) is 10.1. The van der Waals surface area contributed by atoms with E-state index >= 15 is 0 Å². The number of carbonyl (C=O) groups excluding carboxylic acids is 2. The van der Waals surface area contributed by atoms with Gasteiger partial charge >= 0.3 is 11.7 Å². The van der Waals surface area contributed by atoms with Gasteiger partial charge in [-0.3, -0.25) is 14.9 Å². The number of esters is 1. The smallest absolute Gasteiger partial charge is 0.340 e. The monoisotopic (exact) mass is 378 g/mol. The maximum absolute atomic E-state index is 12.1. The van der Waals surface area contributed by atoms with Gasteiger partial charge in [0, 0.05) is 11.1 Å². The van der Waals surface area contributed by atoms with Crippen molar-refractivity contribution < 1.29 is 24.0 Å². The van der Waals surface area contributed by atoms with Crippen LogP contribution < -0.4 is 10.1 Å². The van der Waals surface area contributed by atoms with Crippen LogP contribution in [0.5, 0.6) is 5.75 Å². The molecule has 8 nitrogen and oxygen atoms in total. The molecule has 0 bridgehead atoms. The predicted molar refractivity (Wildman–Crippen MR) is 94.6 cm³/mol. The van der Waals surface area contributed by atoms with Gasteiger partial charge in [-0.25, -0.2) is 4.79 Å². The summed E-state index contributed by atoms with van der Waals surface area (Å²) in [6.07, 6.45) is 0. The Kier molecular flexibility index (Phi) is 6.51. The van der Waals surface area contributed by atoms with Gasteiger partial charge in [-0.2, -0.15) is 0 Å². The molecule has 0 aliphatic carbocycles. The molecule has 0 fully saturated rings. The molecule has 0 saturated carbocycles. The summed E-state index contributed by atoms with van der Waals surface area (Å²) in [5.74, 6) is -1.25. The first-order valence-electron chi connectivity index (χ1n) is 7.55. The Morgan fingerprint density at radius 1 is 1.23 bits per heavy atom. The molecule has 0 spiro atoms. The summed E-state index contributed by atoms with van der Waals surface area (Å²) in [4.78, 5) is 34.3. The van der Waals surface area contributed by atoms with E-state index in [0.29, 0.717) is 0 Å². The van der Waals surface area contributed by atoms with Crippen molar-refractivity contribution in [1.29, 1.82) is 0 Å². The molecule has 0 radical (unpaired) electrons. The molecule has 0 saturated heterocycles. The number of amides is 1. The summed E-state index contributed by atoms with van der Waals surface area (Å²) in [6, 6.07) is 10.2. The molecule has 2 aromatic rings. The van der Waals surface area contributed by atoms with E-state index in [4.69, 9.17) is 21.1 Å². The first kappa shape index (κ1) is 19.2. The summed E-state index contributed by atoms with van der Waals surface area (Å²) >= 11 is 5.72. The Balaban J connectivity index is 2.07. The van der Waals surface area contributed by atoms with Crippen LogP contribution in [0.15, 0.2) is 42.5 Å². The van der Waals surface area contributed by atoms with Gasteiger partial charge in [0.15, 0.2) is 12.4 Å². The standard InChI is InChI=1S/C17H15ClN2O6/c1-2-25-17(22)12-5-3-4-6-13(12)19-16(21)10-26-15-8-7-11(18)9-14(15)20(23)24/h3-9H,2,10H2,1H3,(H,19,21). The molecule has 2 aromatic carbocycles. The number of halogens is 1. The van der Waals surface area contributed by atoms with Crippen molar-refractivity contribution >= 4 is 34.9 Å². The highest BCUT2D eigenvalue weighted by Crippen LogP contribution is 2.29. The van der Waals surface area contributed by atoms with Crippen LogP contribution >= 0.6 is 11.6 Å². The summed E-state index contributed by atoms with van der Waals surface area (Å²) in [5.41, 5.74) is 0.0996. The molecule has 0 aliphatic heterocycles. The highest BCUT2D eigenvalue weighted by Gasteiger charge is 2.18. The van der Waals surface area contributed by atoms with Gasteiger partial charge in [-0.15, -0.1) is 0 Å². The van der Waals surface area contributed by atoms with Crippen molar-refractivity contribution in [2.75, 3.05) is 18.5 Å². The van der Waals surface area contributed by atoms with E-state index in [1.54, 1.807) is 19.1 Å². The number of anilines is 1. The maximum atomic E-state index is 12.1. The van der Waals surface area contributed by atoms with Gasteiger partial charge in [-0.1, -0.05) is 23.7 Å². The fourth-order valence-corrected chi connectivity index (χ4v) is 2.23. The molecule has 0 aromatic heterocycles. The number of nitro groups is 1. The van der Waals surface area contributed by atoms with E-state index in [2.05, 4.69) is 5.32 Å². The number of nitrogens with one attached hydrogen (secondary N) is 1. The van der Waals surface area contributed by atoms with Crippen molar-refractivity contribution in [1.82, 2.24) is 0 Å². The topological polar surface area (TPSA) is 108 Å². The fraction of sp³-hybridized carbons (Fsp3) is 0.176. The number of hydrogen-bond acceptors (Lipinski definition) is 6. The average molecular weight is 379 g/mol. The van der Waals surface area contributed by atoms with Crippen LogP contribution in [0.2, 0.25) is 5.02 Å². The van der Waals surface area contributed by atoms with E-state index in [0.717, 1.165) is 6.07 Å². The third-order valence-electron chi connectivity index (χ3n) is 3.17. The average Bonchev–Trinajstić information content (AvgIpc) is 2.61. The Labute approximate surface area is 153 Å². The molecule has 0 aliphatic rings. The summed E-state index contributed by atoms with van der Waals surface area (Å²) in [7, 11) is 0. The lowest BCUT2D eigenvalue weighted by Crippen LogP contribution is -2.22. The number of ether oxygens (including phenoxy) is 2. The van der Waals surface area contributed by atoms with Crippen molar-refractivity contribution in [2.24, 2.45) is 0 Å². The minimum absolute atomic E-state index is 0.0896. The van der Waals surface area contributed by atoms with Crippen molar-refractivity contribution in [3.8, 4) is 5.75 Å². The largest absolute Gasteiger partial charge is 0.477 e. The van der Waals surface area contributed by atoms with Crippen LogP contribution in [0.3, 0.4) is 0 Å². The SMILES string of the molecule is CCOC(=O)c1ccccc1NC(=O)COc1ccc(Cl)cc1[N+](=O)[O-]. The second-order valence-corrected chi connectivity index (χ2v) is 5.41. The van der Waals surface area contributed by atoms with E-state index < -0.39 is 23.4 Å². The molecule has 136 valence electrons. The number of carbonyl (C=O) groups is 2. The Morgan fingerprint density at radius 2 is 1.96 bits per heavy atom. The first-order valence-corrected chi connectivity index (χ1v) is 7.93. The van der Waals surface area contributed by atoms with Gasteiger partial charge in [-0.05, 0) is 31.2 Å². The van der Waals surface area contributed by atoms with Gasteiger partial charge in [0.05, 0.1) is 22.8 Å². The molecule has 0 atom stereocenters. The fourth-order valence-electron chi connectivity index (χ4n) is 2.06. The molecular weight excluding hydrogens is 364 g/mol. The zero-order chi connectivity index (χ0) is 19.1. The van der Waals surface area contributed by atoms with Gasteiger partial charge in [0.1, 0.15) is 0 Å². The number of nitro benzene ring substituents is 1. The van der Waals surface area contributed by atoms with E-state index in [9.17, 15) is 19.7 Å². The Bertz CT molecular complexity index is 840. The number of benzene rings is 2. The summed E-state index contributed by atoms with van der Waals surface area (Å²) in [6.45, 7) is 1.38. The molecule has 0 heterocycles. The zero-order valence-electron chi connectivity index (χ0n) is 13.7. The molecular formula is C17H15ClN2O6. The van der Waals surface area contributed by atoms with Crippen LogP contribution in [0.4, 0.5) is 11.4 Å². The lowest BCUT2D eigenvalue weighted by atomic mass is 10.2. The van der Waals surface area contributed by atoms with Gasteiger partial charge in [0.25, 0.3) is 5.91 Å². The van der Waals surface area contributed by atoms with Crippen LogP contribution in [0, 0.1) is 10.1 Å². The van der Waals surface area contributed by atoms with E-state index in [1.807, 2.05) is 0 Å². The second kappa shape index (κ2) is 8.82. The Morgan fingerprint density at radius 3 is 2.65 bits per heavy atom. The minimum Gasteiger partial charge on any atom is -0.477 e. The van der Waals surface area contributed by atoms with Crippen LogP contribution in [0.1, 0.15) is 17.3 Å². The summed E-state index contributed by atoms with van der Waals surface area (Å²) in [5, 5.41) is 13.7. The van der Waals surface area contributed by atoms with Crippen molar-refractivity contribution in [2.45, 2.75) is 6.92 Å². The molecule has 9 heteroatoms. The molecule has 26 heavy (non-hydrogen) atoms. The maximum Gasteiger partial charge on any atom is 0.340 e. The quantitative estimate of drug-likeness (QED) is 0.449. The molecule has 1 amide bonds. The highest BCUT2D eigenvalue weighted by atomic mass is 35.5. The second-order valence-electron chi connectivity index (χ2n) is 4.97. The van der Waals surface area contributed by atoms with Gasteiger partial charge in [0.2, 0.25) is 0 Å². The van der Waals surface area contributed by atoms with Gasteiger partial charge < -0.3 is 14.8 Å². The zero-order valence-corrected chi connectivity index (χ0v) is 14.5. The van der Waals surface area contributed by atoms with Crippen LogP contribution in [0.25, 0.3) is 0 Å². The number of hydrogen-bond donors (Lipinski definition) is 1. The van der Waals surface area contributed by atoms with Crippen LogP contribution in [-0.4, -0.2) is 30.0 Å². The molecule has 1 N–H and O–H groups in total. The highest BCUT2D eigenvalue weighted by molar-refractivity contribution is 6.30. The number of nitrogens with zero attached hydrogens (tertiary/aromatic N) is 1. The van der Waals surface area contributed by atoms with Crippen molar-refractivity contribution in [3.05, 3.63) is 63.2 Å². The predicted octanol–water partition coefficient (Wildman–Crippen LogP) is 3.44. The molecule has 2 rings (SSSR count). The first-order chi connectivity index (χ1) is 12.4. The van der Waals surface area contributed by atoms with E-state index in [-0.39, 0.29) is 34.3 Å². The minimum atomic E-state index is -0.658. The van der Waals surface area contributed by atoms with Crippen LogP contribution in [-0.2, 0) is 9.53 Å². The number of rotatable bonds is 7. The lowest BCUT2D eigenvalue weighted by Gasteiger charge is -2.11. The van der Waals surface area contributed by atoms with E-state index in [1.165, 1.54) is 24.3 Å². The third kappa shape index (κ3) is 4.93. The number of para-hydroxylation sites is 1. The molecule has 0 unspecified atom stereocenters.